The van der Waals surface area contributed by atoms with Crippen LogP contribution in [0.5, 0.6) is 0 Å². The minimum atomic E-state index is -5.25. The fraction of sp³-hybridized carbons (Fsp3) is 0.317. The Hall–Kier alpha value is -4.52. The number of hydrogen-bond donors (Lipinski definition) is 0. The smallest absolute Gasteiger partial charge is 0.383 e. The standard InChI is InChI=1S/C41H40F5N3O3S/c1-27-22-30(14-15-34(27)41(44,45)46)29-12-10-28(11-13-29)24-48(32-16-18-47(19-17-32)20-21-52-2)38(51)25-49-36-9-4-3-7-33(36)37(50)23-39(49)53-26-31-6-5-8-35(42)40(31)43/h3-15,22-23,32H,16-21,24-26H2,1-2H3/i3D,4D,5D,6D,7D,8D,9D,10D,11D,12D,13D,14D,15D,20D2,21D2,22D,23D,25D2,26D2. The third-order valence-corrected chi connectivity index (χ3v) is 8.57. The van der Waals surface area contributed by atoms with Gasteiger partial charge in [0.15, 0.2) is 17.1 Å². The summed E-state index contributed by atoms with van der Waals surface area (Å²) in [6.07, 6.45) is -6.20. The zero-order valence-corrected chi connectivity index (χ0v) is 28.3. The molecular formula is C41H40F5N3O3S. The highest BCUT2D eigenvalue weighted by Crippen LogP contribution is 2.34. The Morgan fingerprint density at radius 2 is 1.70 bits per heavy atom. The summed E-state index contributed by atoms with van der Waals surface area (Å²) in [5.41, 5.74) is -13.5. The predicted molar refractivity (Wildman–Crippen MR) is 198 cm³/mol. The summed E-state index contributed by atoms with van der Waals surface area (Å²) in [6, 6.07) is -20.6. The van der Waals surface area contributed by atoms with E-state index >= 15 is 9.18 Å². The lowest BCUT2D eigenvalue weighted by Crippen LogP contribution is -2.48. The fourth-order valence-electron chi connectivity index (χ4n) is 5.22. The molecular weight excluding hydrogens is 710 g/mol. The lowest BCUT2D eigenvalue weighted by molar-refractivity contribution is -0.138. The molecule has 0 spiro atoms. The topological polar surface area (TPSA) is 54.8 Å². The number of para-hydroxylation sites is 1. The van der Waals surface area contributed by atoms with E-state index in [4.69, 9.17) is 33.5 Å². The number of halogens is 5. The number of benzene rings is 4. The van der Waals surface area contributed by atoms with E-state index in [-0.39, 0.29) is 4.57 Å². The molecule has 0 unspecified atom stereocenters. The van der Waals surface area contributed by atoms with Crippen molar-refractivity contribution >= 4 is 28.6 Å². The summed E-state index contributed by atoms with van der Waals surface area (Å²) in [6.45, 7) is -11.4. The third kappa shape index (κ3) is 9.00. The van der Waals surface area contributed by atoms with Crippen molar-refractivity contribution in [2.45, 2.75) is 55.8 Å². The minimum Gasteiger partial charge on any atom is -0.383 e. The van der Waals surface area contributed by atoms with E-state index < -0.39 is 245 Å². The summed E-state index contributed by atoms with van der Waals surface area (Å²) in [7, 11) is 0.874. The first kappa shape index (κ1) is 18.7. The maximum Gasteiger partial charge on any atom is 0.416 e. The molecule has 0 bridgehead atoms. The van der Waals surface area contributed by atoms with Crippen molar-refractivity contribution in [3.63, 3.8) is 0 Å². The minimum absolute atomic E-state index is 0.0456. The molecule has 6 nitrogen and oxygen atoms in total. The second-order valence-electron chi connectivity index (χ2n) is 11.2. The summed E-state index contributed by atoms with van der Waals surface area (Å²) < 4.78 is 275. The van der Waals surface area contributed by atoms with Crippen LogP contribution in [0.3, 0.4) is 0 Å². The number of aromatic nitrogens is 1. The molecule has 1 aliphatic heterocycles. The Kier molecular flexibility index (Phi) is 5.87. The molecule has 2 heterocycles. The summed E-state index contributed by atoms with van der Waals surface area (Å²) in [4.78, 5) is 31.0. The average molecular weight is 773 g/mol. The van der Waals surface area contributed by atoms with Gasteiger partial charge in [-0.1, -0.05) is 60.4 Å². The van der Waals surface area contributed by atoms with E-state index in [0.29, 0.717) is 4.90 Å². The van der Waals surface area contributed by atoms with Crippen LogP contribution in [0.15, 0.2) is 100 Å². The van der Waals surface area contributed by atoms with E-state index in [9.17, 15) is 25.1 Å². The summed E-state index contributed by atoms with van der Waals surface area (Å²) in [5, 5.41) is -2.58. The zero-order valence-electron chi connectivity index (χ0n) is 50.5. The molecule has 0 aliphatic carbocycles. The normalized spacial score (nSPS) is 21.5. The molecule has 0 atom stereocenters. The number of fused-ring (bicyclic) bond motifs is 1. The molecule has 12 heteroatoms. The highest BCUT2D eigenvalue weighted by Gasteiger charge is 2.32. The molecule has 278 valence electrons. The van der Waals surface area contributed by atoms with Crippen LogP contribution in [0.4, 0.5) is 22.0 Å². The van der Waals surface area contributed by atoms with Crippen molar-refractivity contribution in [1.29, 1.82) is 0 Å². The van der Waals surface area contributed by atoms with E-state index in [2.05, 4.69) is 0 Å². The number of ether oxygens (including phenoxy) is 1. The lowest BCUT2D eigenvalue weighted by Gasteiger charge is -2.39. The molecule has 0 radical (unpaired) electrons. The number of hydrogen-bond acceptors (Lipinski definition) is 5. The Morgan fingerprint density at radius 1 is 0.981 bits per heavy atom. The number of amides is 1. The van der Waals surface area contributed by atoms with Crippen LogP contribution in [0.1, 0.15) is 66.6 Å². The Morgan fingerprint density at radius 3 is 2.42 bits per heavy atom. The average Bonchev–Trinajstić information content (AvgIpc) is 3.34. The van der Waals surface area contributed by atoms with Gasteiger partial charge in [-0.15, -0.1) is 11.8 Å². The van der Waals surface area contributed by atoms with E-state index in [1.807, 2.05) is 0 Å². The van der Waals surface area contributed by atoms with Crippen molar-refractivity contribution < 1.29 is 63.0 Å². The fourth-order valence-corrected chi connectivity index (χ4v) is 5.93. The van der Waals surface area contributed by atoms with Gasteiger partial charge in [0.1, 0.15) is 6.50 Å². The van der Waals surface area contributed by atoms with Gasteiger partial charge in [0.05, 0.1) is 48.7 Å². The number of thioether (sulfide) groups is 1. The summed E-state index contributed by atoms with van der Waals surface area (Å²) >= 11 is -0.562. The second kappa shape index (κ2) is 16.7. The highest BCUT2D eigenvalue weighted by atomic mass is 32.2. The quantitative estimate of drug-likeness (QED) is 0.0939. The van der Waals surface area contributed by atoms with Crippen molar-refractivity contribution in [1.82, 2.24) is 14.4 Å². The largest absolute Gasteiger partial charge is 0.416 e. The molecule has 5 aromatic rings. The van der Waals surface area contributed by atoms with Crippen molar-refractivity contribution in [2.75, 3.05) is 33.3 Å². The number of piperidine rings is 1. The van der Waals surface area contributed by atoms with E-state index in [0.717, 1.165) is 18.9 Å². The van der Waals surface area contributed by atoms with Gasteiger partial charge in [0.25, 0.3) is 0 Å². The Labute approximate surface area is 341 Å². The molecule has 4 aromatic carbocycles. The predicted octanol–water partition coefficient (Wildman–Crippen LogP) is 8.71. The first-order valence-corrected chi connectivity index (χ1v) is 16.2. The van der Waals surface area contributed by atoms with Crippen molar-refractivity contribution in [2.24, 2.45) is 0 Å². The van der Waals surface area contributed by atoms with Gasteiger partial charge in [-0.3, -0.25) is 9.59 Å². The number of carbonyl (C=O) groups is 1. The van der Waals surface area contributed by atoms with Gasteiger partial charge in [-0.25, -0.2) is 8.78 Å². The van der Waals surface area contributed by atoms with E-state index in [1.54, 1.807) is 0 Å². The molecule has 0 N–H and O–H groups in total. The van der Waals surface area contributed by atoms with Crippen molar-refractivity contribution in [3.8, 4) is 11.1 Å². The second-order valence-corrected chi connectivity index (χ2v) is 12.0. The lowest BCUT2D eigenvalue weighted by atomic mass is 9.98. The Bertz CT molecular complexity index is 3250. The number of pyridine rings is 1. The Balaban J connectivity index is 1.65. The molecule has 1 amide bonds. The molecule has 1 aromatic heterocycles. The molecule has 1 saturated heterocycles. The van der Waals surface area contributed by atoms with Crippen molar-refractivity contribution in [3.05, 3.63) is 135 Å². The number of carbonyl (C=O) groups excluding carboxylic acids is 1. The van der Waals surface area contributed by atoms with Crippen LogP contribution in [-0.2, 0) is 34.5 Å². The van der Waals surface area contributed by atoms with Crippen LogP contribution in [0, 0.1) is 18.6 Å². The first-order valence-electron chi connectivity index (χ1n) is 26.9. The van der Waals surface area contributed by atoms with Gasteiger partial charge in [-0.05, 0) is 66.2 Å². The molecule has 1 aliphatic rings. The maximum absolute atomic E-state index is 15.6. The zero-order chi connectivity index (χ0) is 57.9. The van der Waals surface area contributed by atoms with E-state index in [1.165, 1.54) is 0 Å². The number of methoxy groups -OCH3 is 1. The number of rotatable bonds is 12. The third-order valence-electron chi connectivity index (χ3n) is 7.78. The molecule has 1 fully saturated rings. The molecule has 53 heavy (non-hydrogen) atoms. The number of nitrogens with zero attached hydrogens (tertiary/aromatic N) is 3. The van der Waals surface area contributed by atoms with Gasteiger partial charge in [0.2, 0.25) is 5.91 Å². The molecule has 0 saturated carbocycles. The van der Waals surface area contributed by atoms with Crippen LogP contribution in [0.2, 0.25) is 0 Å². The summed E-state index contributed by atoms with van der Waals surface area (Å²) in [5.74, 6) is -6.28. The first-order chi connectivity index (χ1) is 34.7. The highest BCUT2D eigenvalue weighted by molar-refractivity contribution is 7.98. The SMILES string of the molecule is [2H]c1c([2H])c(F)c(F)c(C([2H])([2H])Sc2c([2H])c(=O)c3c([2H])c([2H])c([2H])c([2H])c3n2C([2H])([2H])C(=O)N(Cc2c([2H])c([2H])c(-c3c([2H])c([2H])c(C(F)(F)F)c(C)c3[2H])c([2H])c2[2H])C2CCN(C([2H])([2H])C([2H])([2H])OC)CC2)c1[2H]. The van der Waals surface area contributed by atoms with Crippen LogP contribution in [0.25, 0.3) is 22.0 Å². The maximum atomic E-state index is 15.6. The monoisotopic (exact) mass is 772 g/mol. The van der Waals surface area contributed by atoms with Crippen LogP contribution >= 0.6 is 11.8 Å². The van der Waals surface area contributed by atoms with Gasteiger partial charge >= 0.3 is 6.18 Å². The number of alkyl halides is 3. The number of likely N-dealkylation sites (tertiary alicyclic amines) is 1. The molecule has 6 rings (SSSR count). The van der Waals surface area contributed by atoms with Crippen LogP contribution < -0.4 is 5.43 Å². The van der Waals surface area contributed by atoms with Crippen LogP contribution in [-0.4, -0.2) is 59.6 Å². The van der Waals surface area contributed by atoms with Gasteiger partial charge in [0, 0.05) is 67.5 Å². The van der Waals surface area contributed by atoms with Gasteiger partial charge < -0.3 is 19.1 Å². The van der Waals surface area contributed by atoms with Gasteiger partial charge in [-0.2, -0.15) is 13.2 Å².